The predicted molar refractivity (Wildman–Crippen MR) is 103 cm³/mol. The minimum Gasteiger partial charge on any atom is -0.423 e. The SMILES string of the molecule is O=C(Oc1ccc(Cl)cc1)c1ccc(N2C(=O)[C@@H]3[C@H]4CC[C@@H](C4)[C@H]3C2=O)cc1. The molecule has 3 fully saturated rings. The lowest BCUT2D eigenvalue weighted by Crippen LogP contribution is -2.32. The number of anilines is 1. The number of esters is 1. The van der Waals surface area contributed by atoms with Gasteiger partial charge in [0.05, 0.1) is 23.1 Å². The second-order valence-corrected chi connectivity index (χ2v) is 8.22. The molecular formula is C22H18ClNO4. The van der Waals surface area contributed by atoms with Crippen LogP contribution in [0.4, 0.5) is 5.69 Å². The number of nitrogens with zero attached hydrogens (tertiary/aromatic N) is 1. The highest BCUT2D eigenvalue weighted by molar-refractivity contribution is 6.30. The molecule has 2 aromatic rings. The Labute approximate surface area is 167 Å². The predicted octanol–water partition coefficient (Wildman–Crippen LogP) is 4.09. The van der Waals surface area contributed by atoms with E-state index in [1.807, 2.05) is 0 Å². The van der Waals surface area contributed by atoms with Gasteiger partial charge in [0, 0.05) is 5.02 Å². The highest BCUT2D eigenvalue weighted by Gasteiger charge is 2.61. The Hall–Kier alpha value is -2.66. The molecule has 142 valence electrons. The van der Waals surface area contributed by atoms with Crippen LogP contribution in [0.15, 0.2) is 48.5 Å². The molecule has 0 N–H and O–H groups in total. The number of carbonyl (C=O) groups excluding carboxylic acids is 3. The van der Waals surface area contributed by atoms with Crippen molar-refractivity contribution in [3.63, 3.8) is 0 Å². The summed E-state index contributed by atoms with van der Waals surface area (Å²) in [6, 6.07) is 12.9. The van der Waals surface area contributed by atoms with Crippen LogP contribution in [0.2, 0.25) is 5.02 Å². The summed E-state index contributed by atoms with van der Waals surface area (Å²) < 4.78 is 5.32. The number of hydrogen-bond donors (Lipinski definition) is 0. The van der Waals surface area contributed by atoms with Gasteiger partial charge in [0.15, 0.2) is 0 Å². The van der Waals surface area contributed by atoms with Gasteiger partial charge in [-0.25, -0.2) is 4.79 Å². The zero-order valence-corrected chi connectivity index (χ0v) is 15.8. The van der Waals surface area contributed by atoms with Crippen LogP contribution < -0.4 is 9.64 Å². The number of ether oxygens (including phenoxy) is 1. The minimum absolute atomic E-state index is 0.0845. The van der Waals surface area contributed by atoms with Crippen LogP contribution in [0.1, 0.15) is 29.6 Å². The third-order valence-electron chi connectivity index (χ3n) is 6.31. The Balaban J connectivity index is 1.34. The molecule has 0 unspecified atom stereocenters. The van der Waals surface area contributed by atoms with E-state index in [-0.39, 0.29) is 23.7 Å². The average Bonchev–Trinajstić information content (AvgIpc) is 3.38. The van der Waals surface area contributed by atoms with Crippen LogP contribution >= 0.6 is 11.6 Å². The van der Waals surface area contributed by atoms with Crippen LogP contribution in [0.3, 0.4) is 0 Å². The van der Waals surface area contributed by atoms with Crippen molar-refractivity contribution in [2.24, 2.45) is 23.7 Å². The first-order valence-electron chi connectivity index (χ1n) is 9.48. The summed E-state index contributed by atoms with van der Waals surface area (Å²) >= 11 is 5.83. The number of imide groups is 1. The third-order valence-corrected chi connectivity index (χ3v) is 6.56. The number of hydrogen-bond acceptors (Lipinski definition) is 4. The first-order valence-corrected chi connectivity index (χ1v) is 9.86. The maximum absolute atomic E-state index is 12.9. The average molecular weight is 396 g/mol. The van der Waals surface area contributed by atoms with Crippen molar-refractivity contribution in [2.75, 3.05) is 4.90 Å². The van der Waals surface area contributed by atoms with Crippen molar-refractivity contribution >= 4 is 35.1 Å². The summed E-state index contributed by atoms with van der Waals surface area (Å²) in [5.74, 6) is 0.115. The second kappa shape index (κ2) is 6.45. The normalized spacial score (nSPS) is 28.0. The lowest BCUT2D eigenvalue weighted by molar-refractivity contribution is -0.123. The topological polar surface area (TPSA) is 63.7 Å². The van der Waals surface area contributed by atoms with Gasteiger partial charge in [-0.15, -0.1) is 0 Å². The van der Waals surface area contributed by atoms with Gasteiger partial charge >= 0.3 is 5.97 Å². The third kappa shape index (κ3) is 2.65. The Morgan fingerprint density at radius 2 is 1.46 bits per heavy atom. The Bertz CT molecular complexity index is 941. The molecule has 1 saturated heterocycles. The van der Waals surface area contributed by atoms with Crippen LogP contribution in [0.5, 0.6) is 5.75 Å². The smallest absolute Gasteiger partial charge is 0.343 e. The molecule has 1 aliphatic heterocycles. The van der Waals surface area contributed by atoms with Gasteiger partial charge in [-0.1, -0.05) is 11.6 Å². The van der Waals surface area contributed by atoms with Gasteiger partial charge in [-0.05, 0) is 79.6 Å². The van der Waals surface area contributed by atoms with Crippen LogP contribution in [0, 0.1) is 23.7 Å². The highest BCUT2D eigenvalue weighted by Crippen LogP contribution is 2.56. The fraction of sp³-hybridized carbons (Fsp3) is 0.318. The summed E-state index contributed by atoms with van der Waals surface area (Å²) in [6.07, 6.45) is 3.11. The molecule has 2 aromatic carbocycles. The summed E-state index contributed by atoms with van der Waals surface area (Å²) in [5, 5.41) is 0.558. The molecule has 0 radical (unpaired) electrons. The standard InChI is InChI=1S/C22H18ClNO4/c23-15-5-9-17(10-6-15)28-22(27)12-3-7-16(8-4-12)24-20(25)18-13-1-2-14(11-13)19(18)21(24)26/h3-10,13-14,18-19H,1-2,11H2/t13-,14-,18+,19+/m0/s1. The molecule has 3 aliphatic rings. The van der Waals surface area contributed by atoms with Gasteiger partial charge in [-0.3, -0.25) is 14.5 Å². The number of halogens is 1. The Morgan fingerprint density at radius 3 is 2.04 bits per heavy atom. The highest BCUT2D eigenvalue weighted by atomic mass is 35.5. The molecule has 28 heavy (non-hydrogen) atoms. The number of amides is 2. The van der Waals surface area contributed by atoms with Gasteiger partial charge in [-0.2, -0.15) is 0 Å². The van der Waals surface area contributed by atoms with E-state index >= 15 is 0 Å². The van der Waals surface area contributed by atoms with Crippen molar-refractivity contribution in [2.45, 2.75) is 19.3 Å². The lowest BCUT2D eigenvalue weighted by atomic mass is 9.81. The molecule has 2 saturated carbocycles. The summed E-state index contributed by atoms with van der Waals surface area (Å²) in [7, 11) is 0. The summed E-state index contributed by atoms with van der Waals surface area (Å²) in [6.45, 7) is 0. The zero-order chi connectivity index (χ0) is 19.4. The summed E-state index contributed by atoms with van der Waals surface area (Å²) in [4.78, 5) is 39.4. The molecule has 1 heterocycles. The Kier molecular flexibility index (Phi) is 4.02. The molecule has 2 amide bonds. The maximum Gasteiger partial charge on any atom is 0.343 e. The number of carbonyl (C=O) groups is 3. The van der Waals surface area contributed by atoms with Crippen molar-refractivity contribution in [1.29, 1.82) is 0 Å². The van der Waals surface area contributed by atoms with Gasteiger partial charge < -0.3 is 4.74 Å². The van der Waals surface area contributed by atoms with Gasteiger partial charge in [0.1, 0.15) is 5.75 Å². The molecule has 0 spiro atoms. The molecular weight excluding hydrogens is 378 g/mol. The molecule has 0 aromatic heterocycles. The molecule has 6 heteroatoms. The fourth-order valence-corrected chi connectivity index (χ4v) is 5.20. The summed E-state index contributed by atoms with van der Waals surface area (Å²) in [5.41, 5.74) is 0.866. The van der Waals surface area contributed by atoms with E-state index in [2.05, 4.69) is 0 Å². The van der Waals surface area contributed by atoms with Crippen molar-refractivity contribution in [1.82, 2.24) is 0 Å². The molecule has 5 nitrogen and oxygen atoms in total. The molecule has 4 atom stereocenters. The molecule has 2 bridgehead atoms. The zero-order valence-electron chi connectivity index (χ0n) is 15.0. The Morgan fingerprint density at radius 1 is 0.893 bits per heavy atom. The van der Waals surface area contributed by atoms with Gasteiger partial charge in [0.2, 0.25) is 11.8 Å². The minimum atomic E-state index is -0.511. The quantitative estimate of drug-likeness (QED) is 0.446. The number of benzene rings is 2. The fourth-order valence-electron chi connectivity index (χ4n) is 5.08. The van der Waals surface area contributed by atoms with E-state index < -0.39 is 5.97 Å². The largest absolute Gasteiger partial charge is 0.423 e. The van der Waals surface area contributed by atoms with Crippen molar-refractivity contribution < 1.29 is 19.1 Å². The van der Waals surface area contributed by atoms with Crippen molar-refractivity contribution in [3.05, 3.63) is 59.1 Å². The van der Waals surface area contributed by atoms with E-state index in [4.69, 9.17) is 16.3 Å². The van der Waals surface area contributed by atoms with Crippen molar-refractivity contribution in [3.8, 4) is 5.75 Å². The molecule has 5 rings (SSSR count). The van der Waals surface area contributed by atoms with Gasteiger partial charge in [0.25, 0.3) is 0 Å². The first-order chi connectivity index (χ1) is 13.5. The number of rotatable bonds is 3. The van der Waals surface area contributed by atoms with Crippen LogP contribution in [-0.4, -0.2) is 17.8 Å². The van der Waals surface area contributed by atoms with E-state index in [0.29, 0.717) is 33.9 Å². The second-order valence-electron chi connectivity index (χ2n) is 7.79. The number of fused-ring (bicyclic) bond motifs is 5. The lowest BCUT2D eigenvalue weighted by Gasteiger charge is -2.19. The maximum atomic E-state index is 12.9. The van der Waals surface area contributed by atoms with E-state index in [1.54, 1.807) is 48.5 Å². The molecule has 2 aliphatic carbocycles. The van der Waals surface area contributed by atoms with Crippen LogP contribution in [-0.2, 0) is 9.59 Å². The van der Waals surface area contributed by atoms with Crippen LogP contribution in [0.25, 0.3) is 0 Å². The monoisotopic (exact) mass is 395 g/mol. The van der Waals surface area contributed by atoms with E-state index in [9.17, 15) is 14.4 Å². The first kappa shape index (κ1) is 17.4. The van der Waals surface area contributed by atoms with E-state index in [1.165, 1.54) is 4.90 Å². The van der Waals surface area contributed by atoms with E-state index in [0.717, 1.165) is 19.3 Å².